The van der Waals surface area contributed by atoms with Gasteiger partial charge in [0.2, 0.25) is 0 Å². The molecule has 0 spiro atoms. The number of aliphatic hydroxyl groups excluding tert-OH is 1. The highest BCUT2D eigenvalue weighted by atomic mass is 35.5. The number of hydrogen-bond acceptors (Lipinski definition) is 2. The monoisotopic (exact) mass is 275 g/mol. The van der Waals surface area contributed by atoms with Crippen molar-refractivity contribution in [3.63, 3.8) is 0 Å². The van der Waals surface area contributed by atoms with Gasteiger partial charge in [-0.2, -0.15) is 0 Å². The SMILES string of the molecule is Cc1cccc(NC(=O)C(O)c2ccc(Cl)cc2)c1. The van der Waals surface area contributed by atoms with Crippen LogP contribution in [0.3, 0.4) is 0 Å². The van der Waals surface area contributed by atoms with E-state index in [1.165, 1.54) is 0 Å². The molecule has 0 radical (unpaired) electrons. The molecule has 1 amide bonds. The maximum atomic E-state index is 11.9. The summed E-state index contributed by atoms with van der Waals surface area (Å²) in [6.45, 7) is 1.94. The van der Waals surface area contributed by atoms with E-state index in [1.807, 2.05) is 25.1 Å². The van der Waals surface area contributed by atoms with Gasteiger partial charge in [0.1, 0.15) is 0 Å². The van der Waals surface area contributed by atoms with E-state index in [0.717, 1.165) is 5.56 Å². The third-order valence-electron chi connectivity index (χ3n) is 2.72. The average molecular weight is 276 g/mol. The van der Waals surface area contributed by atoms with E-state index in [4.69, 9.17) is 11.6 Å². The van der Waals surface area contributed by atoms with Crippen LogP contribution in [-0.4, -0.2) is 11.0 Å². The molecule has 0 aromatic heterocycles. The van der Waals surface area contributed by atoms with E-state index >= 15 is 0 Å². The van der Waals surface area contributed by atoms with Crippen molar-refractivity contribution >= 4 is 23.2 Å². The van der Waals surface area contributed by atoms with Gasteiger partial charge in [-0.1, -0.05) is 35.9 Å². The minimum atomic E-state index is -1.21. The Balaban J connectivity index is 2.09. The lowest BCUT2D eigenvalue weighted by Crippen LogP contribution is -2.20. The second-order valence-electron chi connectivity index (χ2n) is 4.31. The Hall–Kier alpha value is -1.84. The molecule has 0 aliphatic rings. The lowest BCUT2D eigenvalue weighted by molar-refractivity contribution is -0.124. The number of carbonyl (C=O) groups is 1. The maximum Gasteiger partial charge on any atom is 0.257 e. The van der Waals surface area contributed by atoms with Gasteiger partial charge in [-0.3, -0.25) is 4.79 Å². The third kappa shape index (κ3) is 3.56. The molecule has 1 unspecified atom stereocenters. The number of hydrogen-bond donors (Lipinski definition) is 2. The van der Waals surface area contributed by atoms with Crippen molar-refractivity contribution in [1.82, 2.24) is 0 Å². The summed E-state index contributed by atoms with van der Waals surface area (Å²) in [6.07, 6.45) is -1.21. The summed E-state index contributed by atoms with van der Waals surface area (Å²) in [4.78, 5) is 11.9. The van der Waals surface area contributed by atoms with Crippen LogP contribution < -0.4 is 5.32 Å². The minimum absolute atomic E-state index is 0.465. The number of anilines is 1. The van der Waals surface area contributed by atoms with Crippen LogP contribution in [0.1, 0.15) is 17.2 Å². The molecular weight excluding hydrogens is 262 g/mol. The minimum Gasteiger partial charge on any atom is -0.378 e. The smallest absolute Gasteiger partial charge is 0.257 e. The molecule has 0 fully saturated rings. The number of nitrogens with one attached hydrogen (secondary N) is 1. The zero-order valence-corrected chi connectivity index (χ0v) is 11.2. The zero-order valence-electron chi connectivity index (χ0n) is 10.4. The number of halogens is 1. The molecule has 1 atom stereocenters. The molecule has 2 aromatic carbocycles. The van der Waals surface area contributed by atoms with Crippen molar-refractivity contribution in [2.45, 2.75) is 13.0 Å². The molecule has 0 saturated carbocycles. The molecule has 0 bridgehead atoms. The second-order valence-corrected chi connectivity index (χ2v) is 4.75. The first-order valence-electron chi connectivity index (χ1n) is 5.87. The van der Waals surface area contributed by atoms with E-state index < -0.39 is 12.0 Å². The van der Waals surface area contributed by atoms with Crippen molar-refractivity contribution in [2.75, 3.05) is 5.32 Å². The van der Waals surface area contributed by atoms with Crippen molar-refractivity contribution < 1.29 is 9.90 Å². The second kappa shape index (κ2) is 5.87. The molecule has 98 valence electrons. The van der Waals surface area contributed by atoms with Crippen molar-refractivity contribution in [1.29, 1.82) is 0 Å². The van der Waals surface area contributed by atoms with Crippen LogP contribution in [-0.2, 0) is 4.79 Å². The fraction of sp³-hybridized carbons (Fsp3) is 0.133. The molecular formula is C15H14ClNO2. The Bertz CT molecular complexity index is 581. The van der Waals surface area contributed by atoms with Gasteiger partial charge in [-0.15, -0.1) is 0 Å². The van der Waals surface area contributed by atoms with Gasteiger partial charge in [0.05, 0.1) is 0 Å². The van der Waals surface area contributed by atoms with Gasteiger partial charge < -0.3 is 10.4 Å². The van der Waals surface area contributed by atoms with Gasteiger partial charge in [0.25, 0.3) is 5.91 Å². The number of amides is 1. The Kier molecular flexibility index (Phi) is 4.20. The topological polar surface area (TPSA) is 49.3 Å². The van der Waals surface area contributed by atoms with Gasteiger partial charge in [0.15, 0.2) is 6.10 Å². The van der Waals surface area contributed by atoms with E-state index in [0.29, 0.717) is 16.3 Å². The Morgan fingerprint density at radius 1 is 1.21 bits per heavy atom. The third-order valence-corrected chi connectivity index (χ3v) is 2.97. The van der Waals surface area contributed by atoms with Gasteiger partial charge >= 0.3 is 0 Å². The Labute approximate surface area is 116 Å². The number of aliphatic hydroxyl groups is 1. The van der Waals surface area contributed by atoms with Crippen LogP contribution in [0.2, 0.25) is 5.02 Å². The fourth-order valence-corrected chi connectivity index (χ4v) is 1.86. The summed E-state index contributed by atoms with van der Waals surface area (Å²) in [6, 6.07) is 13.9. The first-order chi connectivity index (χ1) is 9.06. The van der Waals surface area contributed by atoms with Crippen molar-refractivity contribution in [3.05, 3.63) is 64.7 Å². The predicted molar refractivity (Wildman–Crippen MR) is 76.2 cm³/mol. The van der Waals surface area contributed by atoms with Gasteiger partial charge in [-0.25, -0.2) is 0 Å². The summed E-state index contributed by atoms with van der Waals surface area (Å²) >= 11 is 5.76. The summed E-state index contributed by atoms with van der Waals surface area (Å²) in [5.74, 6) is -0.465. The van der Waals surface area contributed by atoms with Crippen LogP contribution in [0.4, 0.5) is 5.69 Å². The van der Waals surface area contributed by atoms with Gasteiger partial charge in [0, 0.05) is 10.7 Å². The Morgan fingerprint density at radius 2 is 1.89 bits per heavy atom. The predicted octanol–water partition coefficient (Wildman–Crippen LogP) is 3.32. The summed E-state index contributed by atoms with van der Waals surface area (Å²) in [7, 11) is 0. The molecule has 0 heterocycles. The van der Waals surface area contributed by atoms with Crippen LogP contribution in [0.25, 0.3) is 0 Å². The molecule has 4 heteroatoms. The normalized spacial score (nSPS) is 11.9. The average Bonchev–Trinajstić information content (AvgIpc) is 2.39. The molecule has 19 heavy (non-hydrogen) atoms. The largest absolute Gasteiger partial charge is 0.378 e. The van der Waals surface area contributed by atoms with Crippen LogP contribution >= 0.6 is 11.6 Å². The quantitative estimate of drug-likeness (QED) is 0.903. The highest BCUT2D eigenvalue weighted by molar-refractivity contribution is 6.30. The van der Waals surface area contributed by atoms with Crippen LogP contribution in [0.15, 0.2) is 48.5 Å². The van der Waals surface area contributed by atoms with E-state index in [1.54, 1.807) is 30.3 Å². The van der Waals surface area contributed by atoms with E-state index in [-0.39, 0.29) is 0 Å². The zero-order chi connectivity index (χ0) is 13.8. The van der Waals surface area contributed by atoms with Crippen LogP contribution in [0.5, 0.6) is 0 Å². The highest BCUT2D eigenvalue weighted by Gasteiger charge is 2.17. The standard InChI is InChI=1S/C15H14ClNO2/c1-10-3-2-4-13(9-10)17-15(19)14(18)11-5-7-12(16)8-6-11/h2-9,14,18H,1H3,(H,17,19). The molecule has 2 aromatic rings. The summed E-state index contributed by atoms with van der Waals surface area (Å²) in [5.41, 5.74) is 2.21. The molecule has 0 aliphatic heterocycles. The van der Waals surface area contributed by atoms with Crippen molar-refractivity contribution in [2.24, 2.45) is 0 Å². The molecule has 2 N–H and O–H groups in total. The number of carbonyl (C=O) groups excluding carboxylic acids is 1. The van der Waals surface area contributed by atoms with E-state index in [9.17, 15) is 9.90 Å². The number of benzene rings is 2. The molecule has 0 saturated heterocycles. The maximum absolute atomic E-state index is 11.9. The van der Waals surface area contributed by atoms with Crippen molar-refractivity contribution in [3.8, 4) is 0 Å². The Morgan fingerprint density at radius 3 is 2.53 bits per heavy atom. The number of rotatable bonds is 3. The van der Waals surface area contributed by atoms with Crippen LogP contribution in [0, 0.1) is 6.92 Å². The fourth-order valence-electron chi connectivity index (χ4n) is 1.73. The summed E-state index contributed by atoms with van der Waals surface area (Å²) in [5, 5.41) is 13.2. The number of aryl methyl sites for hydroxylation is 1. The van der Waals surface area contributed by atoms with E-state index in [2.05, 4.69) is 5.32 Å². The molecule has 3 nitrogen and oxygen atoms in total. The lowest BCUT2D eigenvalue weighted by Gasteiger charge is -2.12. The van der Waals surface area contributed by atoms with Gasteiger partial charge in [-0.05, 0) is 42.3 Å². The highest BCUT2D eigenvalue weighted by Crippen LogP contribution is 2.18. The first-order valence-corrected chi connectivity index (χ1v) is 6.25. The molecule has 2 rings (SSSR count). The summed E-state index contributed by atoms with van der Waals surface area (Å²) < 4.78 is 0. The molecule has 0 aliphatic carbocycles. The lowest BCUT2D eigenvalue weighted by atomic mass is 10.1. The first kappa shape index (κ1) is 13.6.